The van der Waals surface area contributed by atoms with E-state index in [0.717, 1.165) is 51.0 Å². The van der Waals surface area contributed by atoms with Gasteiger partial charge in [0.15, 0.2) is 0 Å². The second-order valence-electron chi connectivity index (χ2n) is 5.98. The average molecular weight is 311 g/mol. The van der Waals surface area contributed by atoms with E-state index in [4.69, 9.17) is 4.98 Å². The molecule has 2 aromatic rings. The molecule has 1 aliphatic rings. The molecule has 5 heteroatoms. The first-order chi connectivity index (χ1) is 11.3. The molecular formula is C18H25N5. The Morgan fingerprint density at radius 3 is 2.48 bits per heavy atom. The van der Waals surface area contributed by atoms with Crippen LogP contribution in [0, 0.1) is 0 Å². The lowest BCUT2D eigenvalue weighted by Crippen LogP contribution is -2.46. The molecule has 0 unspecified atom stereocenters. The largest absolute Gasteiger partial charge is 0.355 e. The summed E-state index contributed by atoms with van der Waals surface area (Å²) in [5.74, 6) is 1.81. The molecule has 2 heterocycles. The van der Waals surface area contributed by atoms with E-state index in [0.29, 0.717) is 0 Å². The van der Waals surface area contributed by atoms with E-state index in [1.807, 2.05) is 18.3 Å². The third-order valence-electron chi connectivity index (χ3n) is 4.38. The predicted molar refractivity (Wildman–Crippen MR) is 94.9 cm³/mol. The number of rotatable bonds is 5. The van der Waals surface area contributed by atoms with Gasteiger partial charge < -0.3 is 14.7 Å². The molecule has 23 heavy (non-hydrogen) atoms. The topological polar surface area (TPSA) is 35.5 Å². The van der Waals surface area contributed by atoms with Crippen LogP contribution in [0.25, 0.3) is 0 Å². The van der Waals surface area contributed by atoms with E-state index in [9.17, 15) is 0 Å². The minimum Gasteiger partial charge on any atom is -0.355 e. The van der Waals surface area contributed by atoms with E-state index in [-0.39, 0.29) is 0 Å². The minimum atomic E-state index is 0.846. The highest BCUT2D eigenvalue weighted by Gasteiger charge is 2.18. The fourth-order valence-electron chi connectivity index (χ4n) is 2.91. The van der Waals surface area contributed by atoms with E-state index >= 15 is 0 Å². The Morgan fingerprint density at radius 1 is 1.04 bits per heavy atom. The number of aromatic nitrogens is 2. The van der Waals surface area contributed by atoms with Crippen molar-refractivity contribution in [3.8, 4) is 0 Å². The van der Waals surface area contributed by atoms with Crippen LogP contribution in [-0.4, -0.2) is 54.6 Å². The number of hydrogen-bond acceptors (Lipinski definition) is 5. The van der Waals surface area contributed by atoms with Crippen molar-refractivity contribution in [2.75, 3.05) is 49.6 Å². The van der Waals surface area contributed by atoms with Crippen molar-refractivity contribution < 1.29 is 0 Å². The standard InChI is InChI=1S/C18H25N5/c1-3-22-11-13-23(14-12-22)18-19-10-9-17(20-18)21(2)15-16-7-5-4-6-8-16/h4-10H,3,11-15H2,1-2H3. The number of anilines is 2. The predicted octanol–water partition coefficient (Wildman–Crippen LogP) is 2.25. The first kappa shape index (κ1) is 15.7. The first-order valence-electron chi connectivity index (χ1n) is 8.31. The van der Waals surface area contributed by atoms with Gasteiger partial charge in [-0.2, -0.15) is 4.98 Å². The zero-order valence-corrected chi connectivity index (χ0v) is 14.0. The Hall–Kier alpha value is -2.14. The van der Waals surface area contributed by atoms with Crippen LogP contribution in [-0.2, 0) is 6.54 Å². The average Bonchev–Trinajstić information content (AvgIpc) is 2.63. The lowest BCUT2D eigenvalue weighted by atomic mass is 10.2. The first-order valence-corrected chi connectivity index (χ1v) is 8.31. The molecule has 0 atom stereocenters. The van der Waals surface area contributed by atoms with Gasteiger partial charge in [-0.05, 0) is 18.2 Å². The van der Waals surface area contributed by atoms with Gasteiger partial charge in [0, 0.05) is 46.0 Å². The van der Waals surface area contributed by atoms with Gasteiger partial charge in [0.1, 0.15) is 5.82 Å². The van der Waals surface area contributed by atoms with Crippen molar-refractivity contribution >= 4 is 11.8 Å². The highest BCUT2D eigenvalue weighted by atomic mass is 15.3. The molecule has 0 aliphatic carbocycles. The normalized spacial score (nSPS) is 15.7. The van der Waals surface area contributed by atoms with Crippen LogP contribution in [0.2, 0.25) is 0 Å². The van der Waals surface area contributed by atoms with E-state index in [2.05, 4.69) is 57.9 Å². The van der Waals surface area contributed by atoms with Gasteiger partial charge in [0.05, 0.1) is 0 Å². The summed E-state index contributed by atoms with van der Waals surface area (Å²) in [7, 11) is 2.08. The molecule has 0 radical (unpaired) electrons. The summed E-state index contributed by atoms with van der Waals surface area (Å²) < 4.78 is 0. The number of benzene rings is 1. The molecule has 5 nitrogen and oxygen atoms in total. The summed E-state index contributed by atoms with van der Waals surface area (Å²) in [6, 6.07) is 12.5. The maximum absolute atomic E-state index is 4.77. The Balaban J connectivity index is 1.67. The minimum absolute atomic E-state index is 0.846. The fraction of sp³-hybridized carbons (Fsp3) is 0.444. The highest BCUT2D eigenvalue weighted by Crippen LogP contribution is 2.17. The maximum Gasteiger partial charge on any atom is 0.227 e. The quantitative estimate of drug-likeness (QED) is 0.846. The van der Waals surface area contributed by atoms with Crippen molar-refractivity contribution in [3.05, 3.63) is 48.2 Å². The lowest BCUT2D eigenvalue weighted by Gasteiger charge is -2.34. The lowest BCUT2D eigenvalue weighted by molar-refractivity contribution is 0.270. The second kappa shape index (κ2) is 7.42. The Kier molecular flexibility index (Phi) is 5.08. The van der Waals surface area contributed by atoms with Crippen LogP contribution in [0.4, 0.5) is 11.8 Å². The zero-order chi connectivity index (χ0) is 16.1. The number of nitrogens with zero attached hydrogens (tertiary/aromatic N) is 5. The molecule has 0 saturated carbocycles. The molecule has 0 N–H and O–H groups in total. The molecule has 1 fully saturated rings. The molecular weight excluding hydrogens is 286 g/mol. The SMILES string of the molecule is CCN1CCN(c2nccc(N(C)Cc3ccccc3)n2)CC1. The van der Waals surface area contributed by atoms with Crippen molar-refractivity contribution in [3.63, 3.8) is 0 Å². The van der Waals surface area contributed by atoms with E-state index in [1.54, 1.807) is 0 Å². The molecule has 1 aromatic heterocycles. The van der Waals surface area contributed by atoms with Gasteiger partial charge in [-0.25, -0.2) is 4.98 Å². The molecule has 0 spiro atoms. The molecule has 0 amide bonds. The summed E-state index contributed by atoms with van der Waals surface area (Å²) in [6.45, 7) is 8.36. The maximum atomic E-state index is 4.77. The van der Waals surface area contributed by atoms with Gasteiger partial charge >= 0.3 is 0 Å². The summed E-state index contributed by atoms with van der Waals surface area (Å²) in [4.78, 5) is 16.2. The van der Waals surface area contributed by atoms with Crippen molar-refractivity contribution in [2.24, 2.45) is 0 Å². The number of hydrogen-bond donors (Lipinski definition) is 0. The number of piperazine rings is 1. The van der Waals surface area contributed by atoms with Gasteiger partial charge in [0.25, 0.3) is 0 Å². The van der Waals surface area contributed by atoms with Crippen LogP contribution in [0.3, 0.4) is 0 Å². The molecule has 122 valence electrons. The molecule has 0 bridgehead atoms. The fourth-order valence-corrected chi connectivity index (χ4v) is 2.91. The second-order valence-corrected chi connectivity index (χ2v) is 5.98. The van der Waals surface area contributed by atoms with Crippen LogP contribution < -0.4 is 9.80 Å². The molecule has 3 rings (SSSR count). The van der Waals surface area contributed by atoms with Crippen molar-refractivity contribution in [1.82, 2.24) is 14.9 Å². The van der Waals surface area contributed by atoms with Crippen molar-refractivity contribution in [2.45, 2.75) is 13.5 Å². The van der Waals surface area contributed by atoms with E-state index < -0.39 is 0 Å². The van der Waals surface area contributed by atoms with E-state index in [1.165, 1.54) is 5.56 Å². The molecule has 1 aromatic carbocycles. The zero-order valence-electron chi connectivity index (χ0n) is 14.0. The third kappa shape index (κ3) is 3.99. The Labute approximate surface area is 138 Å². The third-order valence-corrected chi connectivity index (χ3v) is 4.38. The van der Waals surface area contributed by atoms with Crippen LogP contribution in [0.5, 0.6) is 0 Å². The van der Waals surface area contributed by atoms with Crippen LogP contribution >= 0.6 is 0 Å². The van der Waals surface area contributed by atoms with Crippen molar-refractivity contribution in [1.29, 1.82) is 0 Å². The van der Waals surface area contributed by atoms with Crippen LogP contribution in [0.1, 0.15) is 12.5 Å². The Bertz CT molecular complexity index is 608. The summed E-state index contributed by atoms with van der Waals surface area (Å²) >= 11 is 0. The smallest absolute Gasteiger partial charge is 0.227 e. The highest BCUT2D eigenvalue weighted by molar-refractivity contribution is 5.44. The molecule has 1 aliphatic heterocycles. The monoisotopic (exact) mass is 311 g/mol. The van der Waals surface area contributed by atoms with Gasteiger partial charge in [-0.3, -0.25) is 0 Å². The van der Waals surface area contributed by atoms with Gasteiger partial charge in [0.2, 0.25) is 5.95 Å². The van der Waals surface area contributed by atoms with Gasteiger partial charge in [-0.15, -0.1) is 0 Å². The Morgan fingerprint density at radius 2 is 1.78 bits per heavy atom. The molecule has 1 saturated heterocycles. The number of likely N-dealkylation sites (N-methyl/N-ethyl adjacent to an activating group) is 1. The van der Waals surface area contributed by atoms with Crippen LogP contribution in [0.15, 0.2) is 42.6 Å². The van der Waals surface area contributed by atoms with Gasteiger partial charge in [-0.1, -0.05) is 37.3 Å². The summed E-state index contributed by atoms with van der Waals surface area (Å²) in [6.07, 6.45) is 1.87. The summed E-state index contributed by atoms with van der Waals surface area (Å²) in [5, 5.41) is 0. The summed E-state index contributed by atoms with van der Waals surface area (Å²) in [5.41, 5.74) is 1.28.